The molecule has 0 bridgehead atoms. The zero-order valence-corrected chi connectivity index (χ0v) is 15.9. The van der Waals surface area contributed by atoms with E-state index in [9.17, 15) is 19.2 Å². The van der Waals surface area contributed by atoms with Crippen LogP contribution in [0.4, 0.5) is 0 Å². The minimum absolute atomic E-state index is 0.151. The molecule has 1 heterocycles. The van der Waals surface area contributed by atoms with Crippen molar-refractivity contribution in [2.24, 2.45) is 0 Å². The van der Waals surface area contributed by atoms with Crippen molar-refractivity contribution in [1.29, 1.82) is 0 Å². The van der Waals surface area contributed by atoms with Crippen LogP contribution in [0.15, 0.2) is 40.1 Å². The van der Waals surface area contributed by atoms with Crippen molar-refractivity contribution < 1.29 is 14.3 Å². The van der Waals surface area contributed by atoms with Crippen LogP contribution in [0.25, 0.3) is 0 Å². The van der Waals surface area contributed by atoms with Crippen LogP contribution in [-0.2, 0) is 16.1 Å². The van der Waals surface area contributed by atoms with Gasteiger partial charge in [-0.1, -0.05) is 45.9 Å². The lowest BCUT2D eigenvalue weighted by Gasteiger charge is -2.16. The SMILES string of the molecule is CC(C)c1ccc(C(=O)COC(=O)Cn2ccc(=O)[nH]c2=O)c(C(C)C)c1. The molecule has 0 saturated carbocycles. The first kappa shape index (κ1) is 20.4. The monoisotopic (exact) mass is 372 g/mol. The molecule has 0 atom stereocenters. The predicted octanol–water partition coefficient (Wildman–Crippen LogP) is 2.21. The highest BCUT2D eigenvalue weighted by molar-refractivity contribution is 5.99. The van der Waals surface area contributed by atoms with Crippen LogP contribution in [0.5, 0.6) is 0 Å². The number of hydrogen-bond donors (Lipinski definition) is 1. The maximum Gasteiger partial charge on any atom is 0.328 e. The van der Waals surface area contributed by atoms with Crippen LogP contribution < -0.4 is 11.2 Å². The van der Waals surface area contributed by atoms with Crippen LogP contribution in [0.3, 0.4) is 0 Å². The highest BCUT2D eigenvalue weighted by Crippen LogP contribution is 2.25. The molecule has 7 heteroatoms. The van der Waals surface area contributed by atoms with Gasteiger partial charge in [0.2, 0.25) is 5.78 Å². The van der Waals surface area contributed by atoms with E-state index >= 15 is 0 Å². The lowest BCUT2D eigenvalue weighted by Crippen LogP contribution is -2.31. The molecule has 0 aliphatic carbocycles. The van der Waals surface area contributed by atoms with Crippen LogP contribution in [0.1, 0.15) is 61.0 Å². The molecule has 7 nitrogen and oxygen atoms in total. The molecule has 2 rings (SSSR count). The number of aromatic amines is 1. The van der Waals surface area contributed by atoms with E-state index in [-0.39, 0.29) is 18.2 Å². The summed E-state index contributed by atoms with van der Waals surface area (Å²) in [5, 5.41) is 0. The Balaban J connectivity index is 2.07. The number of nitrogens with one attached hydrogen (secondary N) is 1. The van der Waals surface area contributed by atoms with Gasteiger partial charge in [-0.3, -0.25) is 23.9 Å². The first-order valence-electron chi connectivity index (χ1n) is 8.81. The van der Waals surface area contributed by atoms with Gasteiger partial charge < -0.3 is 4.74 Å². The maximum absolute atomic E-state index is 12.5. The van der Waals surface area contributed by atoms with E-state index in [1.807, 2.05) is 31.0 Å². The van der Waals surface area contributed by atoms with Gasteiger partial charge in [-0.05, 0) is 23.0 Å². The molecule has 0 saturated heterocycles. The Morgan fingerprint density at radius 2 is 1.78 bits per heavy atom. The average molecular weight is 372 g/mol. The molecule has 0 radical (unpaired) electrons. The normalized spacial score (nSPS) is 11.0. The number of benzene rings is 1. The molecule has 0 aliphatic rings. The largest absolute Gasteiger partial charge is 0.456 e. The van der Waals surface area contributed by atoms with Crippen molar-refractivity contribution in [2.45, 2.75) is 46.1 Å². The molecule has 2 aromatic rings. The first-order valence-corrected chi connectivity index (χ1v) is 8.81. The molecule has 0 amide bonds. The summed E-state index contributed by atoms with van der Waals surface area (Å²) in [5.74, 6) is -0.531. The summed E-state index contributed by atoms with van der Waals surface area (Å²) in [6.07, 6.45) is 1.20. The summed E-state index contributed by atoms with van der Waals surface area (Å²) in [4.78, 5) is 49.1. The molecule has 144 valence electrons. The third-order valence-corrected chi connectivity index (χ3v) is 4.23. The molecular formula is C20H24N2O5. The highest BCUT2D eigenvalue weighted by atomic mass is 16.5. The van der Waals surface area contributed by atoms with Crippen LogP contribution in [0.2, 0.25) is 0 Å². The minimum atomic E-state index is -0.734. The van der Waals surface area contributed by atoms with Crippen LogP contribution >= 0.6 is 0 Å². The maximum atomic E-state index is 12.5. The molecule has 0 spiro atoms. The number of carbonyl (C=O) groups excluding carboxylic acids is 2. The van der Waals surface area contributed by atoms with E-state index in [0.29, 0.717) is 11.5 Å². The molecule has 27 heavy (non-hydrogen) atoms. The summed E-state index contributed by atoms with van der Waals surface area (Å²) in [6, 6.07) is 6.83. The summed E-state index contributed by atoms with van der Waals surface area (Å²) in [6.45, 7) is 7.39. The number of hydrogen-bond acceptors (Lipinski definition) is 5. The second kappa shape index (κ2) is 8.62. The number of Topliss-reactive ketones (excluding diaryl/α,β-unsaturated/α-hetero) is 1. The quantitative estimate of drug-likeness (QED) is 0.593. The Hall–Kier alpha value is -2.96. The number of ether oxygens (including phenoxy) is 1. The number of aromatic nitrogens is 2. The van der Waals surface area contributed by atoms with Crippen LogP contribution in [0, 0.1) is 0 Å². The second-order valence-corrected chi connectivity index (χ2v) is 6.98. The third kappa shape index (κ3) is 5.26. The van der Waals surface area contributed by atoms with Gasteiger partial charge in [0.05, 0.1) is 0 Å². The molecule has 0 unspecified atom stereocenters. The van der Waals surface area contributed by atoms with Crippen molar-refractivity contribution in [1.82, 2.24) is 9.55 Å². The fraction of sp³-hybridized carbons (Fsp3) is 0.400. The number of carbonyl (C=O) groups is 2. The van der Waals surface area contributed by atoms with E-state index in [4.69, 9.17) is 4.74 Å². The second-order valence-electron chi connectivity index (χ2n) is 6.98. The standard InChI is InChI=1S/C20H24N2O5/c1-12(2)14-5-6-15(16(9-14)13(3)4)17(23)11-27-19(25)10-22-8-7-18(24)21-20(22)26/h5-9,12-13H,10-11H2,1-4H3,(H,21,24,26). The Labute approximate surface area is 157 Å². The Kier molecular flexibility index (Phi) is 6.50. The fourth-order valence-electron chi connectivity index (χ4n) is 2.65. The molecular weight excluding hydrogens is 348 g/mol. The molecule has 1 aromatic carbocycles. The van der Waals surface area contributed by atoms with Gasteiger partial charge in [-0.2, -0.15) is 0 Å². The lowest BCUT2D eigenvalue weighted by atomic mass is 9.90. The first-order chi connectivity index (χ1) is 12.7. The molecule has 0 aliphatic heterocycles. The minimum Gasteiger partial charge on any atom is -0.456 e. The number of H-pyrrole nitrogens is 1. The number of esters is 1. The van der Waals surface area contributed by atoms with Crippen molar-refractivity contribution >= 4 is 11.8 Å². The number of nitrogens with zero attached hydrogens (tertiary/aromatic N) is 1. The Morgan fingerprint density at radius 1 is 1.07 bits per heavy atom. The van der Waals surface area contributed by atoms with E-state index in [0.717, 1.165) is 21.8 Å². The van der Waals surface area contributed by atoms with Gasteiger partial charge in [-0.25, -0.2) is 4.79 Å². The fourth-order valence-corrected chi connectivity index (χ4v) is 2.65. The number of rotatable bonds is 7. The van der Waals surface area contributed by atoms with Crippen molar-refractivity contribution in [2.75, 3.05) is 6.61 Å². The topological polar surface area (TPSA) is 98.2 Å². The summed E-state index contributed by atoms with van der Waals surface area (Å²) in [5.41, 5.74) is 1.33. The van der Waals surface area contributed by atoms with Gasteiger partial charge >= 0.3 is 11.7 Å². The number of ketones is 1. The predicted molar refractivity (Wildman–Crippen MR) is 101 cm³/mol. The van der Waals surface area contributed by atoms with Crippen molar-refractivity contribution in [3.8, 4) is 0 Å². The lowest BCUT2D eigenvalue weighted by molar-refractivity contribution is -0.143. The average Bonchev–Trinajstić information content (AvgIpc) is 2.61. The van der Waals surface area contributed by atoms with E-state index in [2.05, 4.69) is 13.8 Å². The molecule has 0 fully saturated rings. The zero-order chi connectivity index (χ0) is 20.1. The van der Waals surface area contributed by atoms with Gasteiger partial charge in [0.1, 0.15) is 6.54 Å². The molecule has 1 N–H and O–H groups in total. The Bertz CT molecular complexity index is 953. The summed E-state index contributed by atoms with van der Waals surface area (Å²) in [7, 11) is 0. The summed E-state index contributed by atoms with van der Waals surface area (Å²) >= 11 is 0. The van der Waals surface area contributed by atoms with Gasteiger partial charge in [0, 0.05) is 17.8 Å². The van der Waals surface area contributed by atoms with E-state index < -0.39 is 23.8 Å². The zero-order valence-electron chi connectivity index (χ0n) is 15.9. The summed E-state index contributed by atoms with van der Waals surface area (Å²) < 4.78 is 6.02. The van der Waals surface area contributed by atoms with Crippen molar-refractivity contribution in [3.05, 3.63) is 68.0 Å². The van der Waals surface area contributed by atoms with E-state index in [1.165, 1.54) is 6.20 Å². The van der Waals surface area contributed by atoms with E-state index in [1.54, 1.807) is 6.07 Å². The highest BCUT2D eigenvalue weighted by Gasteiger charge is 2.17. The van der Waals surface area contributed by atoms with Crippen LogP contribution in [-0.4, -0.2) is 27.9 Å². The Morgan fingerprint density at radius 3 is 2.37 bits per heavy atom. The molecule has 1 aromatic heterocycles. The van der Waals surface area contributed by atoms with Gasteiger partial charge in [-0.15, -0.1) is 0 Å². The van der Waals surface area contributed by atoms with Gasteiger partial charge in [0.15, 0.2) is 6.61 Å². The third-order valence-electron chi connectivity index (χ3n) is 4.23. The van der Waals surface area contributed by atoms with Gasteiger partial charge in [0.25, 0.3) is 5.56 Å². The van der Waals surface area contributed by atoms with Crippen molar-refractivity contribution in [3.63, 3.8) is 0 Å². The smallest absolute Gasteiger partial charge is 0.328 e.